The van der Waals surface area contributed by atoms with Crippen LogP contribution in [0.2, 0.25) is 10.0 Å². The summed E-state index contributed by atoms with van der Waals surface area (Å²) in [6.07, 6.45) is 2.51. The molecule has 1 aliphatic heterocycles. The van der Waals surface area contributed by atoms with E-state index in [1.807, 2.05) is 25.2 Å². The number of nitrogens with one attached hydrogen (secondary N) is 1. The molecular weight excluding hydrogens is 267 g/mol. The van der Waals surface area contributed by atoms with Crippen LogP contribution < -0.4 is 5.32 Å². The van der Waals surface area contributed by atoms with Crippen LogP contribution in [0.1, 0.15) is 18.4 Å². The molecule has 1 N–H and O–H groups in total. The third-order valence-electron chi connectivity index (χ3n) is 3.64. The zero-order chi connectivity index (χ0) is 13.0. The van der Waals surface area contributed by atoms with E-state index in [0.717, 1.165) is 47.7 Å². The first-order valence-corrected chi connectivity index (χ1v) is 7.26. The van der Waals surface area contributed by atoms with Crippen molar-refractivity contribution in [2.45, 2.75) is 19.4 Å². The van der Waals surface area contributed by atoms with Crippen molar-refractivity contribution in [3.05, 3.63) is 33.8 Å². The van der Waals surface area contributed by atoms with Crippen molar-refractivity contribution in [2.75, 3.05) is 26.7 Å². The Labute approximate surface area is 119 Å². The molecule has 1 saturated heterocycles. The minimum absolute atomic E-state index is 0.778. The summed E-state index contributed by atoms with van der Waals surface area (Å²) in [4.78, 5) is 2.44. The van der Waals surface area contributed by atoms with Gasteiger partial charge in [0.1, 0.15) is 0 Å². The first-order valence-electron chi connectivity index (χ1n) is 6.50. The Hall–Kier alpha value is -0.280. The van der Waals surface area contributed by atoms with Gasteiger partial charge in [-0.2, -0.15) is 0 Å². The summed E-state index contributed by atoms with van der Waals surface area (Å²) in [5, 5.41) is 4.81. The molecule has 2 nitrogen and oxygen atoms in total. The van der Waals surface area contributed by atoms with Crippen molar-refractivity contribution in [2.24, 2.45) is 5.92 Å². The number of hydrogen-bond donors (Lipinski definition) is 1. The standard InChI is InChI=1S/C14H20Cl2N2/c1-17-9-11-5-7-18(8-6-11)10-12-13(15)3-2-4-14(12)16/h2-4,11,17H,5-10H2,1H3. The minimum atomic E-state index is 0.778. The maximum Gasteiger partial charge on any atom is 0.0465 e. The molecule has 0 saturated carbocycles. The maximum absolute atomic E-state index is 6.21. The van der Waals surface area contributed by atoms with Crippen LogP contribution in [0.3, 0.4) is 0 Å². The molecule has 1 aromatic rings. The van der Waals surface area contributed by atoms with Gasteiger partial charge in [-0.1, -0.05) is 29.3 Å². The van der Waals surface area contributed by atoms with Gasteiger partial charge in [-0.3, -0.25) is 4.90 Å². The van der Waals surface area contributed by atoms with Crippen molar-refractivity contribution >= 4 is 23.2 Å². The number of likely N-dealkylation sites (tertiary alicyclic amines) is 1. The van der Waals surface area contributed by atoms with E-state index in [9.17, 15) is 0 Å². The topological polar surface area (TPSA) is 15.3 Å². The summed E-state index contributed by atoms with van der Waals surface area (Å²) in [5.74, 6) is 0.813. The lowest BCUT2D eigenvalue weighted by molar-refractivity contribution is 0.177. The Morgan fingerprint density at radius 1 is 1.22 bits per heavy atom. The smallest absolute Gasteiger partial charge is 0.0465 e. The van der Waals surface area contributed by atoms with Crippen LogP contribution in [-0.4, -0.2) is 31.6 Å². The molecule has 1 aliphatic rings. The number of hydrogen-bond acceptors (Lipinski definition) is 2. The van der Waals surface area contributed by atoms with Gasteiger partial charge < -0.3 is 5.32 Å². The van der Waals surface area contributed by atoms with E-state index in [0.29, 0.717) is 0 Å². The van der Waals surface area contributed by atoms with Gasteiger partial charge >= 0.3 is 0 Å². The Morgan fingerprint density at radius 2 is 1.83 bits per heavy atom. The highest BCUT2D eigenvalue weighted by Gasteiger charge is 2.19. The molecule has 0 spiro atoms. The molecule has 2 rings (SSSR count). The van der Waals surface area contributed by atoms with Gasteiger partial charge in [0.25, 0.3) is 0 Å². The molecular formula is C14H20Cl2N2. The van der Waals surface area contributed by atoms with Crippen molar-refractivity contribution in [1.82, 2.24) is 10.2 Å². The fraction of sp³-hybridized carbons (Fsp3) is 0.571. The molecule has 0 aliphatic carbocycles. The van der Waals surface area contributed by atoms with Gasteiger partial charge in [0.15, 0.2) is 0 Å². The molecule has 4 heteroatoms. The third-order valence-corrected chi connectivity index (χ3v) is 4.35. The quantitative estimate of drug-likeness (QED) is 0.912. The van der Waals surface area contributed by atoms with Crippen LogP contribution in [0.4, 0.5) is 0 Å². The van der Waals surface area contributed by atoms with Gasteiger partial charge in [0, 0.05) is 22.2 Å². The number of halogens is 2. The summed E-state index contributed by atoms with van der Waals surface area (Å²) in [6, 6.07) is 5.72. The van der Waals surface area contributed by atoms with Crippen molar-refractivity contribution in [1.29, 1.82) is 0 Å². The Morgan fingerprint density at radius 3 is 2.39 bits per heavy atom. The predicted octanol–water partition coefficient (Wildman–Crippen LogP) is 3.42. The van der Waals surface area contributed by atoms with E-state index >= 15 is 0 Å². The van der Waals surface area contributed by atoms with E-state index in [-0.39, 0.29) is 0 Å². The average Bonchev–Trinajstić information content (AvgIpc) is 2.36. The number of piperidine rings is 1. The van der Waals surface area contributed by atoms with E-state index < -0.39 is 0 Å². The molecule has 0 aromatic heterocycles. The van der Waals surface area contributed by atoms with E-state index in [2.05, 4.69) is 10.2 Å². The zero-order valence-electron chi connectivity index (χ0n) is 10.8. The summed E-state index contributed by atoms with van der Waals surface area (Å²) in [5.41, 5.74) is 1.06. The molecule has 18 heavy (non-hydrogen) atoms. The van der Waals surface area contributed by atoms with Crippen molar-refractivity contribution in [3.63, 3.8) is 0 Å². The second-order valence-corrected chi connectivity index (χ2v) is 5.79. The lowest BCUT2D eigenvalue weighted by atomic mass is 9.96. The normalized spacial score (nSPS) is 18.2. The summed E-state index contributed by atoms with van der Waals surface area (Å²) >= 11 is 12.4. The molecule has 0 unspecified atom stereocenters. The van der Waals surface area contributed by atoms with E-state index in [1.54, 1.807) is 0 Å². The number of nitrogens with zero attached hydrogens (tertiary/aromatic N) is 1. The van der Waals surface area contributed by atoms with Crippen LogP contribution in [0.15, 0.2) is 18.2 Å². The van der Waals surface area contributed by atoms with Crippen LogP contribution in [0.5, 0.6) is 0 Å². The third kappa shape index (κ3) is 3.61. The molecule has 100 valence electrons. The zero-order valence-corrected chi connectivity index (χ0v) is 12.3. The second kappa shape index (κ2) is 6.76. The van der Waals surface area contributed by atoms with Crippen LogP contribution in [0.25, 0.3) is 0 Å². The van der Waals surface area contributed by atoms with Crippen LogP contribution in [-0.2, 0) is 6.54 Å². The lowest BCUT2D eigenvalue weighted by Crippen LogP contribution is -2.36. The van der Waals surface area contributed by atoms with Gasteiger partial charge in [0.2, 0.25) is 0 Å². The lowest BCUT2D eigenvalue weighted by Gasteiger charge is -2.32. The van der Waals surface area contributed by atoms with Crippen LogP contribution >= 0.6 is 23.2 Å². The van der Waals surface area contributed by atoms with Gasteiger partial charge in [0.05, 0.1) is 0 Å². The van der Waals surface area contributed by atoms with E-state index in [4.69, 9.17) is 23.2 Å². The highest BCUT2D eigenvalue weighted by molar-refractivity contribution is 6.35. The van der Waals surface area contributed by atoms with Gasteiger partial charge in [-0.15, -0.1) is 0 Å². The summed E-state index contributed by atoms with van der Waals surface area (Å²) < 4.78 is 0. The fourth-order valence-corrected chi connectivity index (χ4v) is 3.06. The largest absolute Gasteiger partial charge is 0.319 e. The minimum Gasteiger partial charge on any atom is -0.319 e. The Kier molecular flexibility index (Phi) is 5.31. The van der Waals surface area contributed by atoms with Crippen molar-refractivity contribution < 1.29 is 0 Å². The molecule has 0 radical (unpaired) electrons. The first kappa shape index (κ1) is 14.1. The predicted molar refractivity (Wildman–Crippen MR) is 78.4 cm³/mol. The van der Waals surface area contributed by atoms with Gasteiger partial charge in [-0.05, 0) is 57.6 Å². The Bertz CT molecular complexity index is 367. The number of benzene rings is 1. The van der Waals surface area contributed by atoms with Gasteiger partial charge in [-0.25, -0.2) is 0 Å². The second-order valence-electron chi connectivity index (χ2n) is 4.98. The SMILES string of the molecule is CNCC1CCN(Cc2c(Cl)cccc2Cl)CC1. The molecule has 1 aromatic carbocycles. The fourth-order valence-electron chi connectivity index (χ4n) is 2.54. The van der Waals surface area contributed by atoms with Crippen LogP contribution in [0, 0.1) is 5.92 Å². The van der Waals surface area contributed by atoms with Crippen molar-refractivity contribution in [3.8, 4) is 0 Å². The molecule has 0 atom stereocenters. The van der Waals surface area contributed by atoms with E-state index in [1.165, 1.54) is 12.8 Å². The first-order chi connectivity index (χ1) is 8.70. The Balaban J connectivity index is 1.92. The average molecular weight is 287 g/mol. The summed E-state index contributed by atoms with van der Waals surface area (Å²) in [6.45, 7) is 4.26. The maximum atomic E-state index is 6.21. The summed E-state index contributed by atoms with van der Waals surface area (Å²) in [7, 11) is 2.02. The monoisotopic (exact) mass is 286 g/mol. The highest BCUT2D eigenvalue weighted by Crippen LogP contribution is 2.27. The molecule has 1 heterocycles. The molecule has 0 bridgehead atoms. The molecule has 1 fully saturated rings. The molecule has 0 amide bonds. The highest BCUT2D eigenvalue weighted by atomic mass is 35.5. The number of rotatable bonds is 4.